The third-order valence-electron chi connectivity index (χ3n) is 4.28. The van der Waals surface area contributed by atoms with Gasteiger partial charge in [0.25, 0.3) is 0 Å². The first-order valence-corrected chi connectivity index (χ1v) is 9.72. The van der Waals surface area contributed by atoms with Crippen LogP contribution < -0.4 is 5.73 Å². The third kappa shape index (κ3) is 4.05. The molecule has 1 atom stereocenters. The zero-order valence-electron chi connectivity index (χ0n) is 11.9. The molecule has 1 aliphatic heterocycles. The Morgan fingerprint density at radius 1 is 1.42 bits per heavy atom. The summed E-state index contributed by atoms with van der Waals surface area (Å²) in [5.74, 6) is 2.24. The molecule has 0 aromatic rings. The van der Waals surface area contributed by atoms with Gasteiger partial charge in [-0.15, -0.1) is 0 Å². The van der Waals surface area contributed by atoms with E-state index in [1.165, 1.54) is 32.1 Å². The zero-order valence-corrected chi connectivity index (χ0v) is 13.5. The van der Waals surface area contributed by atoms with Gasteiger partial charge < -0.3 is 10.6 Å². The number of hydrogen-bond acceptors (Lipinski definition) is 4. The summed E-state index contributed by atoms with van der Waals surface area (Å²) < 4.78 is 0.353. The van der Waals surface area contributed by atoms with Crippen LogP contribution in [0.15, 0.2) is 0 Å². The van der Waals surface area contributed by atoms with E-state index < -0.39 is 0 Å². The highest BCUT2D eigenvalue weighted by Crippen LogP contribution is 2.42. The van der Waals surface area contributed by atoms with Gasteiger partial charge in [0.1, 0.15) is 0 Å². The second-order valence-corrected chi connectivity index (χ2v) is 8.29. The Kier molecular flexibility index (Phi) is 5.90. The summed E-state index contributed by atoms with van der Waals surface area (Å²) in [6.45, 7) is 1.82. The molecular weight excluding hydrogens is 276 g/mol. The van der Waals surface area contributed by atoms with E-state index in [0.717, 1.165) is 31.0 Å². The van der Waals surface area contributed by atoms with Crippen LogP contribution in [0.2, 0.25) is 0 Å². The number of amides is 1. The van der Waals surface area contributed by atoms with Crippen LogP contribution in [0.4, 0.5) is 0 Å². The molecule has 0 bridgehead atoms. The van der Waals surface area contributed by atoms with Crippen LogP contribution in [0.5, 0.6) is 0 Å². The molecule has 110 valence electrons. The smallest absolute Gasteiger partial charge is 0.239 e. The second-order valence-electron chi connectivity index (χ2n) is 5.74. The van der Waals surface area contributed by atoms with Gasteiger partial charge >= 0.3 is 0 Å². The fourth-order valence-electron chi connectivity index (χ4n) is 3.13. The lowest BCUT2D eigenvalue weighted by Crippen LogP contribution is -2.54. The summed E-state index contributed by atoms with van der Waals surface area (Å²) in [5, 5.41) is 0. The predicted octanol–water partition coefficient (Wildman–Crippen LogP) is 2.35. The van der Waals surface area contributed by atoms with Crippen LogP contribution in [0, 0.1) is 0 Å². The van der Waals surface area contributed by atoms with E-state index in [9.17, 15) is 4.79 Å². The van der Waals surface area contributed by atoms with Crippen molar-refractivity contribution in [3.8, 4) is 0 Å². The fraction of sp³-hybridized carbons (Fsp3) is 0.929. The Morgan fingerprint density at radius 3 is 2.84 bits per heavy atom. The first kappa shape index (κ1) is 15.5. The van der Waals surface area contributed by atoms with E-state index >= 15 is 0 Å². The van der Waals surface area contributed by atoms with Gasteiger partial charge in [-0.2, -0.15) is 23.5 Å². The highest BCUT2D eigenvalue weighted by molar-refractivity contribution is 8.00. The normalized spacial score (nSPS) is 24.4. The van der Waals surface area contributed by atoms with Crippen molar-refractivity contribution >= 4 is 29.4 Å². The molecule has 2 N–H and O–H groups in total. The van der Waals surface area contributed by atoms with E-state index in [1.807, 2.05) is 4.90 Å². The van der Waals surface area contributed by atoms with Crippen molar-refractivity contribution in [1.82, 2.24) is 4.90 Å². The van der Waals surface area contributed by atoms with Crippen molar-refractivity contribution in [2.24, 2.45) is 5.73 Å². The Labute approximate surface area is 125 Å². The third-order valence-corrected chi connectivity index (χ3v) is 6.46. The van der Waals surface area contributed by atoms with Crippen LogP contribution in [0.1, 0.15) is 38.5 Å². The molecule has 1 saturated heterocycles. The molecule has 0 aromatic heterocycles. The largest absolute Gasteiger partial charge is 0.339 e. The Balaban J connectivity index is 1.91. The second kappa shape index (κ2) is 7.23. The van der Waals surface area contributed by atoms with Crippen molar-refractivity contribution in [1.29, 1.82) is 0 Å². The standard InChI is InChI=1S/C14H26N2OS2/c1-18-9-5-12(15)13(17)16-8-10-19-14(11-16)6-3-2-4-7-14/h12H,2-11,15H2,1H3/t12-/m0/s1. The molecule has 1 amide bonds. The molecule has 1 aliphatic carbocycles. The molecule has 0 aromatic carbocycles. The predicted molar refractivity (Wildman–Crippen MR) is 85.8 cm³/mol. The minimum atomic E-state index is -0.295. The first-order chi connectivity index (χ1) is 9.17. The van der Waals surface area contributed by atoms with Crippen LogP contribution in [-0.2, 0) is 4.79 Å². The van der Waals surface area contributed by atoms with Crippen molar-refractivity contribution in [2.45, 2.75) is 49.3 Å². The molecule has 1 saturated carbocycles. The average Bonchev–Trinajstić information content (AvgIpc) is 2.45. The van der Waals surface area contributed by atoms with Gasteiger partial charge in [-0.25, -0.2) is 0 Å². The van der Waals surface area contributed by atoms with Crippen molar-refractivity contribution in [2.75, 3.05) is 30.9 Å². The van der Waals surface area contributed by atoms with Crippen LogP contribution in [0.25, 0.3) is 0 Å². The molecule has 2 aliphatic rings. The summed E-state index contributed by atoms with van der Waals surface area (Å²) in [6, 6.07) is -0.295. The highest BCUT2D eigenvalue weighted by atomic mass is 32.2. The molecule has 1 heterocycles. The number of nitrogens with two attached hydrogens (primary N) is 1. The minimum absolute atomic E-state index is 0.180. The first-order valence-electron chi connectivity index (χ1n) is 7.34. The van der Waals surface area contributed by atoms with E-state index in [2.05, 4.69) is 18.0 Å². The maximum atomic E-state index is 12.4. The number of hydrogen-bond donors (Lipinski definition) is 1. The number of carbonyl (C=O) groups is 1. The van der Waals surface area contributed by atoms with Crippen LogP contribution in [-0.4, -0.2) is 52.4 Å². The zero-order chi connectivity index (χ0) is 13.7. The molecule has 3 nitrogen and oxygen atoms in total. The molecule has 2 fully saturated rings. The van der Waals surface area contributed by atoms with Gasteiger partial charge in [-0.3, -0.25) is 4.79 Å². The van der Waals surface area contributed by atoms with Crippen molar-refractivity contribution < 1.29 is 4.79 Å². The Bertz CT molecular complexity index is 300. The summed E-state index contributed by atoms with van der Waals surface area (Å²) in [4.78, 5) is 14.5. The molecular formula is C14H26N2OS2. The lowest BCUT2D eigenvalue weighted by atomic mass is 9.87. The number of nitrogens with zero attached hydrogens (tertiary/aromatic N) is 1. The molecule has 0 unspecified atom stereocenters. The minimum Gasteiger partial charge on any atom is -0.339 e. The maximum Gasteiger partial charge on any atom is 0.239 e. The average molecular weight is 303 g/mol. The maximum absolute atomic E-state index is 12.4. The molecule has 2 rings (SSSR count). The summed E-state index contributed by atoms with van der Waals surface area (Å²) >= 11 is 3.86. The molecule has 1 spiro atoms. The van der Waals surface area contributed by atoms with E-state index in [1.54, 1.807) is 11.8 Å². The van der Waals surface area contributed by atoms with E-state index in [0.29, 0.717) is 4.75 Å². The SMILES string of the molecule is CSCC[C@H](N)C(=O)N1CCSC2(CCCCC2)C1. The summed E-state index contributed by atoms with van der Waals surface area (Å²) in [7, 11) is 0. The number of carbonyl (C=O) groups excluding carboxylic acids is 1. The summed E-state index contributed by atoms with van der Waals surface area (Å²) in [5.41, 5.74) is 6.04. The van der Waals surface area contributed by atoms with Crippen molar-refractivity contribution in [3.05, 3.63) is 0 Å². The molecule has 19 heavy (non-hydrogen) atoms. The lowest BCUT2D eigenvalue weighted by Gasteiger charge is -2.45. The quantitative estimate of drug-likeness (QED) is 0.866. The van der Waals surface area contributed by atoms with Crippen molar-refractivity contribution in [3.63, 3.8) is 0 Å². The van der Waals surface area contributed by atoms with Crippen LogP contribution in [0.3, 0.4) is 0 Å². The summed E-state index contributed by atoms with van der Waals surface area (Å²) in [6.07, 6.45) is 9.44. The number of thioether (sulfide) groups is 2. The van der Waals surface area contributed by atoms with E-state index in [4.69, 9.17) is 5.73 Å². The van der Waals surface area contributed by atoms with E-state index in [-0.39, 0.29) is 11.9 Å². The van der Waals surface area contributed by atoms with Crippen LogP contribution >= 0.6 is 23.5 Å². The Morgan fingerprint density at radius 2 is 2.16 bits per heavy atom. The Hall–Kier alpha value is 0.130. The number of rotatable bonds is 4. The molecule has 0 radical (unpaired) electrons. The lowest BCUT2D eigenvalue weighted by molar-refractivity contribution is -0.133. The molecule has 5 heteroatoms. The highest BCUT2D eigenvalue weighted by Gasteiger charge is 2.39. The fourth-order valence-corrected chi connectivity index (χ4v) is 5.19. The monoisotopic (exact) mass is 302 g/mol. The topological polar surface area (TPSA) is 46.3 Å². The van der Waals surface area contributed by atoms with Gasteiger partial charge in [0.05, 0.1) is 6.04 Å². The van der Waals surface area contributed by atoms with Gasteiger partial charge in [0.15, 0.2) is 0 Å². The van der Waals surface area contributed by atoms with Gasteiger partial charge in [-0.05, 0) is 31.3 Å². The van der Waals surface area contributed by atoms with Gasteiger partial charge in [0.2, 0.25) is 5.91 Å². The van der Waals surface area contributed by atoms with Gasteiger partial charge in [0, 0.05) is 23.6 Å². The van der Waals surface area contributed by atoms with Gasteiger partial charge in [-0.1, -0.05) is 19.3 Å².